The second-order valence-corrected chi connectivity index (χ2v) is 8.24. The molecule has 1 aromatic rings. The lowest BCUT2D eigenvalue weighted by Gasteiger charge is -2.22. The Balaban J connectivity index is 3.33. The normalized spacial score (nSPS) is 13.5. The van der Waals surface area contributed by atoms with Crippen LogP contribution in [0.2, 0.25) is 0 Å². The lowest BCUT2D eigenvalue weighted by molar-refractivity contribution is 0.128. The summed E-state index contributed by atoms with van der Waals surface area (Å²) >= 11 is 0. The molecule has 1 heterocycles. The molecule has 0 bridgehead atoms. The van der Waals surface area contributed by atoms with Crippen LogP contribution in [0.25, 0.3) is 0 Å². The van der Waals surface area contributed by atoms with Crippen LogP contribution in [0, 0.1) is 0 Å². The van der Waals surface area contributed by atoms with E-state index in [1.165, 1.54) is 0 Å². The van der Waals surface area contributed by atoms with Crippen molar-refractivity contribution in [2.45, 2.75) is 78.7 Å². The maximum absolute atomic E-state index is 6.08. The maximum atomic E-state index is 6.08. The van der Waals surface area contributed by atoms with Gasteiger partial charge in [-0.1, -0.05) is 0 Å². The van der Waals surface area contributed by atoms with Crippen LogP contribution in [0.4, 0.5) is 0 Å². The summed E-state index contributed by atoms with van der Waals surface area (Å²) in [6.45, 7) is 19.1. The number of hydrogen-bond donors (Lipinski definition) is 0. The minimum atomic E-state index is -0.203. The first-order valence-electron chi connectivity index (χ1n) is 6.97. The highest BCUT2D eigenvalue weighted by molar-refractivity contribution is 5.30. The van der Waals surface area contributed by atoms with Gasteiger partial charge in [0, 0.05) is 0 Å². The zero-order valence-electron chi connectivity index (χ0n) is 14.0. The Bertz CT molecular complexity index is 408. The third kappa shape index (κ3) is 4.85. The zero-order chi connectivity index (χ0) is 15.1. The van der Waals surface area contributed by atoms with Crippen molar-refractivity contribution in [2.75, 3.05) is 0 Å². The molecule has 0 spiro atoms. The van der Waals surface area contributed by atoms with E-state index in [4.69, 9.17) is 9.15 Å². The second kappa shape index (κ2) is 4.81. The number of ether oxygens (including phenoxy) is 1. The molecule has 1 rings (SSSR count). The van der Waals surface area contributed by atoms with E-state index in [1.807, 2.05) is 12.1 Å². The van der Waals surface area contributed by atoms with Crippen molar-refractivity contribution in [1.29, 1.82) is 0 Å². The molecule has 0 unspecified atom stereocenters. The first-order chi connectivity index (χ1) is 8.29. The molecule has 2 heteroatoms. The van der Waals surface area contributed by atoms with Gasteiger partial charge in [-0.05, 0) is 62.3 Å². The predicted molar refractivity (Wildman–Crippen MR) is 80.9 cm³/mol. The first-order valence-corrected chi connectivity index (χ1v) is 6.97. The van der Waals surface area contributed by atoms with E-state index in [1.54, 1.807) is 0 Å². The van der Waals surface area contributed by atoms with Gasteiger partial charge < -0.3 is 4.74 Å². The minimum Gasteiger partial charge on any atom is -0.487 e. The van der Waals surface area contributed by atoms with Gasteiger partial charge in [-0.3, -0.25) is 0 Å². The Hall–Kier alpha value is -1.05. The van der Waals surface area contributed by atoms with Gasteiger partial charge in [-0.15, -0.1) is 0 Å². The Morgan fingerprint density at radius 3 is 1.37 bits per heavy atom. The summed E-state index contributed by atoms with van der Waals surface area (Å²) in [5.74, 6) is 2.80. The molecule has 0 fully saturated rings. The molecule has 0 saturated carbocycles. The first kappa shape index (κ1) is 16.0. The third-order valence-electron chi connectivity index (χ3n) is 2.67. The zero-order valence-corrected chi connectivity index (χ0v) is 14.0. The van der Waals surface area contributed by atoms with Crippen molar-refractivity contribution in [1.82, 2.24) is 0 Å². The largest absolute Gasteiger partial charge is 0.487 e. The molecular formula is C17H29O2+. The summed E-state index contributed by atoms with van der Waals surface area (Å²) in [4.78, 5) is 0. The van der Waals surface area contributed by atoms with Crippen LogP contribution in [0.3, 0.4) is 0 Å². The van der Waals surface area contributed by atoms with Gasteiger partial charge in [0.05, 0.1) is 23.0 Å². The van der Waals surface area contributed by atoms with Crippen molar-refractivity contribution in [3.8, 4) is 5.75 Å². The van der Waals surface area contributed by atoms with Crippen LogP contribution in [0.5, 0.6) is 5.75 Å². The molecule has 0 N–H and O–H groups in total. The van der Waals surface area contributed by atoms with E-state index in [9.17, 15) is 0 Å². The van der Waals surface area contributed by atoms with E-state index in [2.05, 4.69) is 62.3 Å². The molecular weight excluding hydrogens is 236 g/mol. The lowest BCUT2D eigenvalue weighted by Crippen LogP contribution is -2.24. The van der Waals surface area contributed by atoms with Crippen molar-refractivity contribution in [3.05, 3.63) is 23.7 Å². The Morgan fingerprint density at radius 1 is 0.737 bits per heavy atom. The third-order valence-corrected chi connectivity index (χ3v) is 2.67. The molecule has 0 aliphatic heterocycles. The van der Waals surface area contributed by atoms with Gasteiger partial charge in [-0.25, -0.2) is 4.42 Å². The standard InChI is InChI=1S/C17H29O2/c1-15(2,3)13-10-12(19-17(7,8)9)11-14(18-13)16(4,5)6/h10-11H,1-9H3/q+1. The van der Waals surface area contributed by atoms with Gasteiger partial charge in [0.2, 0.25) is 0 Å². The predicted octanol–water partition coefficient (Wildman–Crippen LogP) is 5.33. The SMILES string of the molecule is CC(C)(C)Oc1cc(C(C)(C)C)[o+]c(C(C)(C)C)c1. The van der Waals surface area contributed by atoms with Crippen molar-refractivity contribution >= 4 is 0 Å². The van der Waals surface area contributed by atoms with Crippen LogP contribution in [0.1, 0.15) is 73.8 Å². The summed E-state index contributed by atoms with van der Waals surface area (Å²) in [5, 5.41) is 0. The lowest BCUT2D eigenvalue weighted by atomic mass is 9.90. The summed E-state index contributed by atoms with van der Waals surface area (Å²) in [7, 11) is 0. The van der Waals surface area contributed by atoms with Crippen LogP contribution < -0.4 is 4.74 Å². The van der Waals surface area contributed by atoms with Gasteiger partial charge in [-0.2, -0.15) is 0 Å². The Morgan fingerprint density at radius 2 is 1.11 bits per heavy atom. The molecule has 19 heavy (non-hydrogen) atoms. The molecule has 2 nitrogen and oxygen atoms in total. The van der Waals surface area contributed by atoms with E-state index >= 15 is 0 Å². The van der Waals surface area contributed by atoms with E-state index < -0.39 is 0 Å². The van der Waals surface area contributed by atoms with Crippen molar-refractivity contribution in [2.24, 2.45) is 0 Å². The van der Waals surface area contributed by atoms with Crippen LogP contribution in [0.15, 0.2) is 16.5 Å². The summed E-state index contributed by atoms with van der Waals surface area (Å²) in [6, 6.07) is 4.03. The van der Waals surface area contributed by atoms with E-state index in [-0.39, 0.29) is 16.4 Å². The van der Waals surface area contributed by atoms with Crippen LogP contribution >= 0.6 is 0 Å². The van der Waals surface area contributed by atoms with Crippen LogP contribution in [-0.2, 0) is 10.8 Å². The maximum Gasteiger partial charge on any atom is 0.338 e. The van der Waals surface area contributed by atoms with E-state index in [0.29, 0.717) is 0 Å². The minimum absolute atomic E-state index is 0.0305. The highest BCUT2D eigenvalue weighted by atomic mass is 16.5. The van der Waals surface area contributed by atoms with Gasteiger partial charge >= 0.3 is 11.5 Å². The van der Waals surface area contributed by atoms with Gasteiger partial charge in [0.15, 0.2) is 0 Å². The fourth-order valence-corrected chi connectivity index (χ4v) is 1.63. The number of rotatable bonds is 1. The average Bonchev–Trinajstić information content (AvgIpc) is 2.11. The summed E-state index contributed by atoms with van der Waals surface area (Å²) in [6.07, 6.45) is 0. The van der Waals surface area contributed by atoms with Crippen LogP contribution in [-0.4, -0.2) is 5.60 Å². The van der Waals surface area contributed by atoms with Crippen molar-refractivity contribution in [3.63, 3.8) is 0 Å². The molecule has 0 saturated heterocycles. The molecule has 108 valence electrons. The highest BCUT2D eigenvalue weighted by Crippen LogP contribution is 2.33. The smallest absolute Gasteiger partial charge is 0.338 e. The average molecular weight is 265 g/mol. The second-order valence-electron chi connectivity index (χ2n) is 8.24. The molecule has 0 aliphatic carbocycles. The number of hydrogen-bond acceptors (Lipinski definition) is 1. The molecule has 1 aromatic heterocycles. The molecule has 0 amide bonds. The van der Waals surface area contributed by atoms with E-state index in [0.717, 1.165) is 17.3 Å². The quantitative estimate of drug-likeness (QED) is 0.639. The summed E-state index contributed by atoms with van der Waals surface area (Å²) in [5.41, 5.74) is -0.264. The summed E-state index contributed by atoms with van der Waals surface area (Å²) < 4.78 is 12.1. The fourth-order valence-electron chi connectivity index (χ4n) is 1.63. The molecule has 0 aliphatic rings. The molecule has 0 radical (unpaired) electrons. The van der Waals surface area contributed by atoms with Gasteiger partial charge in [0.1, 0.15) is 11.4 Å². The molecule has 0 atom stereocenters. The topological polar surface area (TPSA) is 20.5 Å². The van der Waals surface area contributed by atoms with Gasteiger partial charge in [0.25, 0.3) is 0 Å². The Labute approximate surface area is 118 Å². The Kier molecular flexibility index (Phi) is 4.05. The highest BCUT2D eigenvalue weighted by Gasteiger charge is 2.34. The monoisotopic (exact) mass is 265 g/mol. The molecule has 0 aromatic carbocycles. The fraction of sp³-hybridized carbons (Fsp3) is 0.706. The van der Waals surface area contributed by atoms with Crippen molar-refractivity contribution < 1.29 is 9.15 Å².